The van der Waals surface area contributed by atoms with E-state index in [4.69, 9.17) is 0 Å². The third-order valence-electron chi connectivity index (χ3n) is 2.76. The number of halogens is 1. The molecule has 0 aliphatic rings. The summed E-state index contributed by atoms with van der Waals surface area (Å²) in [5.74, 6) is -1.20. The molecule has 1 N–H and O–H groups in total. The molecule has 0 radical (unpaired) electrons. The van der Waals surface area contributed by atoms with Gasteiger partial charge in [-0.3, -0.25) is 9.59 Å². The SMILES string of the molecule is Cc1ccc(NC(=O)C(=O)c2cccn2C)c(Br)c1. The van der Waals surface area contributed by atoms with Gasteiger partial charge in [0.2, 0.25) is 0 Å². The van der Waals surface area contributed by atoms with Crippen LogP contribution in [0.25, 0.3) is 0 Å². The van der Waals surface area contributed by atoms with Gasteiger partial charge in [-0.15, -0.1) is 0 Å². The summed E-state index contributed by atoms with van der Waals surface area (Å²) in [4.78, 5) is 23.9. The summed E-state index contributed by atoms with van der Waals surface area (Å²) in [6.45, 7) is 1.95. The largest absolute Gasteiger partial charge is 0.348 e. The molecule has 2 aromatic rings. The highest BCUT2D eigenvalue weighted by Gasteiger charge is 2.19. The lowest BCUT2D eigenvalue weighted by Crippen LogP contribution is -2.24. The summed E-state index contributed by atoms with van der Waals surface area (Å²) >= 11 is 3.36. The number of aryl methyl sites for hydroxylation is 2. The molecule has 19 heavy (non-hydrogen) atoms. The van der Waals surface area contributed by atoms with Crippen LogP contribution in [-0.2, 0) is 11.8 Å². The lowest BCUT2D eigenvalue weighted by Gasteiger charge is -2.07. The van der Waals surface area contributed by atoms with E-state index in [9.17, 15) is 9.59 Å². The predicted molar refractivity (Wildman–Crippen MR) is 77.3 cm³/mol. The number of benzene rings is 1. The van der Waals surface area contributed by atoms with E-state index < -0.39 is 11.7 Å². The van der Waals surface area contributed by atoms with E-state index >= 15 is 0 Å². The highest BCUT2D eigenvalue weighted by Crippen LogP contribution is 2.23. The van der Waals surface area contributed by atoms with Crippen molar-refractivity contribution in [2.24, 2.45) is 7.05 Å². The van der Waals surface area contributed by atoms with Gasteiger partial charge in [-0.05, 0) is 52.7 Å². The molecule has 0 fully saturated rings. The summed E-state index contributed by atoms with van der Waals surface area (Å²) in [6, 6.07) is 8.85. The smallest absolute Gasteiger partial charge is 0.298 e. The maximum atomic E-state index is 12.0. The number of anilines is 1. The molecule has 0 saturated heterocycles. The van der Waals surface area contributed by atoms with Crippen molar-refractivity contribution in [3.8, 4) is 0 Å². The maximum absolute atomic E-state index is 12.0. The van der Waals surface area contributed by atoms with Crippen molar-refractivity contribution in [1.82, 2.24) is 4.57 Å². The van der Waals surface area contributed by atoms with E-state index in [2.05, 4.69) is 21.2 Å². The summed E-state index contributed by atoms with van der Waals surface area (Å²) in [7, 11) is 1.72. The zero-order chi connectivity index (χ0) is 14.0. The summed E-state index contributed by atoms with van der Waals surface area (Å²) in [5.41, 5.74) is 2.01. The average molecular weight is 321 g/mol. The normalized spacial score (nSPS) is 10.3. The van der Waals surface area contributed by atoms with E-state index in [0.29, 0.717) is 11.4 Å². The van der Waals surface area contributed by atoms with Crippen molar-refractivity contribution in [3.05, 3.63) is 52.3 Å². The van der Waals surface area contributed by atoms with Gasteiger partial charge in [0.15, 0.2) is 0 Å². The average Bonchev–Trinajstić information content (AvgIpc) is 2.78. The molecule has 0 aliphatic heterocycles. The molecule has 1 aromatic carbocycles. The van der Waals surface area contributed by atoms with Crippen LogP contribution in [0.3, 0.4) is 0 Å². The number of rotatable bonds is 3. The minimum atomic E-state index is -0.647. The molecule has 0 unspecified atom stereocenters. The van der Waals surface area contributed by atoms with Gasteiger partial charge in [0.05, 0.1) is 11.4 Å². The zero-order valence-electron chi connectivity index (χ0n) is 10.6. The molecular formula is C14H13BrN2O2. The van der Waals surface area contributed by atoms with Gasteiger partial charge in [0.1, 0.15) is 0 Å². The van der Waals surface area contributed by atoms with Crippen LogP contribution >= 0.6 is 15.9 Å². The second kappa shape index (κ2) is 5.40. The molecule has 1 heterocycles. The number of nitrogens with zero attached hydrogens (tertiary/aromatic N) is 1. The van der Waals surface area contributed by atoms with Crippen LogP contribution in [0.1, 0.15) is 16.1 Å². The Bertz CT molecular complexity index is 647. The first-order chi connectivity index (χ1) is 8.99. The molecule has 1 aromatic heterocycles. The monoisotopic (exact) mass is 320 g/mol. The molecule has 4 nitrogen and oxygen atoms in total. The molecule has 5 heteroatoms. The number of nitrogens with one attached hydrogen (secondary N) is 1. The number of amides is 1. The molecule has 0 atom stereocenters. The zero-order valence-corrected chi connectivity index (χ0v) is 12.2. The first-order valence-corrected chi connectivity index (χ1v) is 6.51. The Morgan fingerprint density at radius 1 is 1.26 bits per heavy atom. The maximum Gasteiger partial charge on any atom is 0.298 e. The predicted octanol–water partition coefficient (Wildman–Crippen LogP) is 2.92. The van der Waals surface area contributed by atoms with Crippen LogP contribution < -0.4 is 5.32 Å². The number of Topliss-reactive ketones (excluding diaryl/α,β-unsaturated/α-hetero) is 1. The second-order valence-electron chi connectivity index (χ2n) is 4.27. The van der Waals surface area contributed by atoms with Crippen molar-refractivity contribution in [1.29, 1.82) is 0 Å². The number of ketones is 1. The number of carbonyl (C=O) groups excluding carboxylic acids is 2. The Morgan fingerprint density at radius 3 is 2.58 bits per heavy atom. The minimum absolute atomic E-state index is 0.362. The van der Waals surface area contributed by atoms with Gasteiger partial charge in [-0.2, -0.15) is 0 Å². The van der Waals surface area contributed by atoms with Crippen molar-refractivity contribution in [2.75, 3.05) is 5.32 Å². The Balaban J connectivity index is 2.18. The fraction of sp³-hybridized carbons (Fsp3) is 0.143. The van der Waals surface area contributed by atoms with Crippen LogP contribution in [0, 0.1) is 6.92 Å². The fourth-order valence-electron chi connectivity index (χ4n) is 1.71. The summed E-state index contributed by atoms with van der Waals surface area (Å²) < 4.78 is 2.37. The van der Waals surface area contributed by atoms with E-state index in [1.807, 2.05) is 19.1 Å². The standard InChI is InChI=1S/C14H13BrN2O2/c1-9-5-6-11(10(15)8-9)16-14(19)13(18)12-4-3-7-17(12)2/h3-8H,1-2H3,(H,16,19). The van der Waals surface area contributed by atoms with Crippen LogP contribution in [0.15, 0.2) is 41.0 Å². The Kier molecular flexibility index (Phi) is 3.85. The van der Waals surface area contributed by atoms with Crippen LogP contribution in [0.5, 0.6) is 0 Å². The third kappa shape index (κ3) is 2.93. The van der Waals surface area contributed by atoms with Crippen LogP contribution in [0.4, 0.5) is 5.69 Å². The number of aromatic nitrogens is 1. The number of carbonyl (C=O) groups is 2. The van der Waals surface area contributed by atoms with Crippen molar-refractivity contribution >= 4 is 33.3 Å². The highest BCUT2D eigenvalue weighted by molar-refractivity contribution is 9.10. The van der Waals surface area contributed by atoms with Crippen molar-refractivity contribution < 1.29 is 9.59 Å². The molecule has 0 saturated carbocycles. The molecule has 2 rings (SSSR count). The Morgan fingerprint density at radius 2 is 2.00 bits per heavy atom. The third-order valence-corrected chi connectivity index (χ3v) is 3.41. The molecule has 0 bridgehead atoms. The van der Waals surface area contributed by atoms with Gasteiger partial charge in [-0.1, -0.05) is 6.07 Å². The molecule has 0 aliphatic carbocycles. The fourth-order valence-corrected chi connectivity index (χ4v) is 2.31. The minimum Gasteiger partial charge on any atom is -0.348 e. The van der Waals surface area contributed by atoms with E-state index in [-0.39, 0.29) is 0 Å². The first-order valence-electron chi connectivity index (χ1n) is 5.72. The van der Waals surface area contributed by atoms with Gasteiger partial charge < -0.3 is 9.88 Å². The summed E-state index contributed by atoms with van der Waals surface area (Å²) in [5, 5.41) is 2.60. The van der Waals surface area contributed by atoms with Crippen LogP contribution in [-0.4, -0.2) is 16.3 Å². The summed E-state index contributed by atoms with van der Waals surface area (Å²) in [6.07, 6.45) is 1.72. The van der Waals surface area contributed by atoms with Crippen molar-refractivity contribution in [2.45, 2.75) is 6.92 Å². The Labute approximate surface area is 119 Å². The van der Waals surface area contributed by atoms with Gasteiger partial charge in [0.25, 0.3) is 11.7 Å². The first kappa shape index (κ1) is 13.5. The molecule has 0 spiro atoms. The van der Waals surface area contributed by atoms with Gasteiger partial charge in [-0.25, -0.2) is 0 Å². The van der Waals surface area contributed by atoms with E-state index in [1.54, 1.807) is 36.0 Å². The topological polar surface area (TPSA) is 51.1 Å². The van der Waals surface area contributed by atoms with Gasteiger partial charge in [0, 0.05) is 17.7 Å². The Hall–Kier alpha value is -1.88. The van der Waals surface area contributed by atoms with Crippen molar-refractivity contribution in [3.63, 3.8) is 0 Å². The van der Waals surface area contributed by atoms with E-state index in [0.717, 1.165) is 10.0 Å². The molecule has 98 valence electrons. The van der Waals surface area contributed by atoms with Gasteiger partial charge >= 0.3 is 0 Å². The molecular weight excluding hydrogens is 308 g/mol. The number of hydrogen-bond donors (Lipinski definition) is 1. The number of hydrogen-bond acceptors (Lipinski definition) is 2. The van der Waals surface area contributed by atoms with E-state index in [1.165, 1.54) is 0 Å². The lowest BCUT2D eigenvalue weighted by atomic mass is 10.2. The molecule has 1 amide bonds. The second-order valence-corrected chi connectivity index (χ2v) is 5.13. The lowest BCUT2D eigenvalue weighted by molar-refractivity contribution is -0.112. The quantitative estimate of drug-likeness (QED) is 0.698. The highest BCUT2D eigenvalue weighted by atomic mass is 79.9. The van der Waals surface area contributed by atoms with Crippen LogP contribution in [0.2, 0.25) is 0 Å².